The fourth-order valence-electron chi connectivity index (χ4n) is 3.07. The number of hydrogen-bond donors (Lipinski definition) is 1. The number of carbonyl (C=O) groups excluding carboxylic acids is 4. The Morgan fingerprint density at radius 3 is 2.39 bits per heavy atom. The van der Waals surface area contributed by atoms with E-state index in [1.165, 1.54) is 4.90 Å². The molecule has 0 unspecified atom stereocenters. The first-order valence-electron chi connectivity index (χ1n) is 7.75. The number of terminal acetylenes is 1. The van der Waals surface area contributed by atoms with Gasteiger partial charge in [-0.3, -0.25) is 24.1 Å². The number of likely N-dealkylation sites (tertiary alicyclic amines) is 1. The monoisotopic (exact) mass is 320 g/mol. The average molecular weight is 320 g/mol. The van der Waals surface area contributed by atoms with E-state index >= 15 is 0 Å². The smallest absolute Gasteiger partial charge is 0.308 e. The van der Waals surface area contributed by atoms with Crippen LogP contribution in [-0.2, 0) is 23.9 Å². The van der Waals surface area contributed by atoms with E-state index in [1.807, 2.05) is 0 Å². The van der Waals surface area contributed by atoms with E-state index in [1.54, 1.807) is 0 Å². The third kappa shape index (κ3) is 4.09. The van der Waals surface area contributed by atoms with Gasteiger partial charge in [0.15, 0.2) is 6.61 Å². The molecule has 23 heavy (non-hydrogen) atoms. The van der Waals surface area contributed by atoms with E-state index in [0.717, 1.165) is 25.7 Å². The second kappa shape index (κ2) is 7.77. The molecule has 7 heteroatoms. The first-order chi connectivity index (χ1) is 11.0. The highest BCUT2D eigenvalue weighted by Gasteiger charge is 2.47. The minimum atomic E-state index is -0.628. The van der Waals surface area contributed by atoms with Gasteiger partial charge in [-0.25, -0.2) is 0 Å². The maximum atomic E-state index is 12.2. The summed E-state index contributed by atoms with van der Waals surface area (Å²) in [7, 11) is 0. The highest BCUT2D eigenvalue weighted by Crippen LogP contribution is 2.37. The molecule has 1 aliphatic heterocycles. The normalized spacial score (nSPS) is 23.2. The number of esters is 1. The summed E-state index contributed by atoms with van der Waals surface area (Å²) >= 11 is 0. The van der Waals surface area contributed by atoms with Crippen molar-refractivity contribution in [1.82, 2.24) is 10.2 Å². The molecule has 7 nitrogen and oxygen atoms in total. The first kappa shape index (κ1) is 17.0. The molecule has 2 rings (SSSR count). The number of nitrogens with one attached hydrogen (secondary N) is 1. The van der Waals surface area contributed by atoms with Crippen molar-refractivity contribution < 1.29 is 23.9 Å². The van der Waals surface area contributed by atoms with Crippen molar-refractivity contribution in [2.45, 2.75) is 32.1 Å². The third-order valence-corrected chi connectivity index (χ3v) is 4.22. The van der Waals surface area contributed by atoms with Gasteiger partial charge in [0.2, 0.25) is 11.8 Å². The van der Waals surface area contributed by atoms with E-state index < -0.39 is 18.5 Å². The van der Waals surface area contributed by atoms with Crippen molar-refractivity contribution in [3.8, 4) is 12.3 Å². The van der Waals surface area contributed by atoms with Gasteiger partial charge < -0.3 is 10.1 Å². The molecule has 1 N–H and O–H groups in total. The van der Waals surface area contributed by atoms with E-state index in [4.69, 9.17) is 11.2 Å². The molecular formula is C16H20N2O5. The molecule has 0 aromatic heterocycles. The summed E-state index contributed by atoms with van der Waals surface area (Å²) in [6.07, 6.45) is 8.28. The van der Waals surface area contributed by atoms with Gasteiger partial charge in [-0.15, -0.1) is 6.42 Å². The molecule has 1 heterocycles. The summed E-state index contributed by atoms with van der Waals surface area (Å²) in [5.41, 5.74) is 0. The molecule has 1 saturated carbocycles. The summed E-state index contributed by atoms with van der Waals surface area (Å²) in [5.74, 6) is 0.306. The summed E-state index contributed by atoms with van der Waals surface area (Å²) < 4.78 is 4.78. The Bertz CT molecular complexity index is 527. The molecule has 0 spiro atoms. The van der Waals surface area contributed by atoms with Gasteiger partial charge in [0.25, 0.3) is 5.91 Å². The van der Waals surface area contributed by atoms with Crippen LogP contribution in [0.1, 0.15) is 32.1 Å². The number of carbonyl (C=O) groups is 4. The Balaban J connectivity index is 1.76. The fourth-order valence-corrected chi connectivity index (χ4v) is 3.07. The van der Waals surface area contributed by atoms with Crippen molar-refractivity contribution in [3.63, 3.8) is 0 Å². The van der Waals surface area contributed by atoms with Crippen LogP contribution in [-0.4, -0.2) is 48.3 Å². The number of rotatable bonds is 6. The SMILES string of the molecule is C#CCNC(=O)COC(=O)CCN1C(=O)[C@H]2CCCC[C@@H]2C1=O. The fraction of sp³-hybridized carbons (Fsp3) is 0.625. The summed E-state index contributed by atoms with van der Waals surface area (Å²) in [5, 5.41) is 2.36. The molecule has 2 atom stereocenters. The molecule has 0 aromatic rings. The van der Waals surface area contributed by atoms with E-state index in [0.29, 0.717) is 0 Å². The van der Waals surface area contributed by atoms with Crippen LogP contribution in [0.3, 0.4) is 0 Å². The zero-order chi connectivity index (χ0) is 16.8. The molecule has 1 saturated heterocycles. The second-order valence-electron chi connectivity index (χ2n) is 5.72. The molecular weight excluding hydrogens is 300 g/mol. The largest absolute Gasteiger partial charge is 0.456 e. The number of hydrogen-bond acceptors (Lipinski definition) is 5. The van der Waals surface area contributed by atoms with Crippen molar-refractivity contribution in [3.05, 3.63) is 0 Å². The number of ether oxygens (including phenoxy) is 1. The molecule has 0 radical (unpaired) electrons. The number of amides is 3. The topological polar surface area (TPSA) is 92.8 Å². The minimum absolute atomic E-state index is 0.00940. The van der Waals surface area contributed by atoms with Gasteiger partial charge >= 0.3 is 5.97 Å². The Labute approximate surface area is 134 Å². The first-order valence-corrected chi connectivity index (χ1v) is 7.75. The molecule has 0 bridgehead atoms. The van der Waals surface area contributed by atoms with Crippen LogP contribution >= 0.6 is 0 Å². The highest BCUT2D eigenvalue weighted by atomic mass is 16.5. The van der Waals surface area contributed by atoms with Gasteiger partial charge in [-0.1, -0.05) is 18.8 Å². The van der Waals surface area contributed by atoms with Crippen LogP contribution in [0.15, 0.2) is 0 Å². The lowest BCUT2D eigenvalue weighted by Crippen LogP contribution is -2.34. The molecule has 3 amide bonds. The maximum Gasteiger partial charge on any atom is 0.308 e. The molecule has 124 valence electrons. The Morgan fingerprint density at radius 2 is 1.83 bits per heavy atom. The number of fused-ring (bicyclic) bond motifs is 1. The number of imide groups is 1. The van der Waals surface area contributed by atoms with Crippen molar-refractivity contribution in [2.24, 2.45) is 11.8 Å². The van der Waals surface area contributed by atoms with Crippen molar-refractivity contribution in [1.29, 1.82) is 0 Å². The van der Waals surface area contributed by atoms with Crippen LogP contribution in [0.2, 0.25) is 0 Å². The van der Waals surface area contributed by atoms with Crippen molar-refractivity contribution in [2.75, 3.05) is 19.7 Å². The average Bonchev–Trinajstić information content (AvgIpc) is 2.80. The van der Waals surface area contributed by atoms with Crippen LogP contribution < -0.4 is 5.32 Å². The predicted octanol–water partition coefficient (Wildman–Crippen LogP) is -0.156. The minimum Gasteiger partial charge on any atom is -0.456 e. The maximum absolute atomic E-state index is 12.2. The van der Waals surface area contributed by atoms with Gasteiger partial charge in [-0.05, 0) is 12.8 Å². The Hall–Kier alpha value is -2.36. The lowest BCUT2D eigenvalue weighted by atomic mass is 9.81. The van der Waals surface area contributed by atoms with Gasteiger partial charge in [0.1, 0.15) is 0 Å². The molecule has 0 aromatic carbocycles. The molecule has 2 fully saturated rings. The summed E-state index contributed by atoms with van der Waals surface area (Å²) in [6, 6.07) is 0. The highest BCUT2D eigenvalue weighted by molar-refractivity contribution is 6.05. The lowest BCUT2D eigenvalue weighted by Gasteiger charge is -2.19. The van der Waals surface area contributed by atoms with Crippen molar-refractivity contribution >= 4 is 23.7 Å². The zero-order valence-electron chi connectivity index (χ0n) is 12.9. The molecule has 1 aliphatic carbocycles. The second-order valence-corrected chi connectivity index (χ2v) is 5.72. The van der Waals surface area contributed by atoms with Gasteiger partial charge in [0.05, 0.1) is 24.8 Å². The third-order valence-electron chi connectivity index (χ3n) is 4.22. The zero-order valence-corrected chi connectivity index (χ0v) is 12.9. The van der Waals surface area contributed by atoms with Gasteiger partial charge in [-0.2, -0.15) is 0 Å². The van der Waals surface area contributed by atoms with Crippen LogP contribution in [0.25, 0.3) is 0 Å². The predicted molar refractivity (Wildman–Crippen MR) is 79.6 cm³/mol. The number of nitrogens with zero attached hydrogens (tertiary/aromatic N) is 1. The Morgan fingerprint density at radius 1 is 1.22 bits per heavy atom. The lowest BCUT2D eigenvalue weighted by molar-refractivity contribution is -0.149. The summed E-state index contributed by atoms with van der Waals surface area (Å²) in [4.78, 5) is 48.5. The van der Waals surface area contributed by atoms with Crippen LogP contribution in [0.5, 0.6) is 0 Å². The van der Waals surface area contributed by atoms with E-state index in [9.17, 15) is 19.2 Å². The Kier molecular flexibility index (Phi) is 5.74. The van der Waals surface area contributed by atoms with Crippen LogP contribution in [0, 0.1) is 24.2 Å². The standard InChI is InChI=1S/C16H20N2O5/c1-2-8-17-13(19)10-23-14(20)7-9-18-15(21)11-5-3-4-6-12(11)16(18)22/h1,11-12H,3-10H2,(H,17,19)/t11-,12-/m0/s1. The van der Waals surface area contributed by atoms with E-state index in [-0.39, 0.29) is 43.2 Å². The van der Waals surface area contributed by atoms with E-state index in [2.05, 4.69) is 11.2 Å². The van der Waals surface area contributed by atoms with Gasteiger partial charge in [0, 0.05) is 6.54 Å². The summed E-state index contributed by atoms with van der Waals surface area (Å²) in [6.45, 7) is -0.348. The quantitative estimate of drug-likeness (QED) is 0.417. The van der Waals surface area contributed by atoms with Crippen LogP contribution in [0.4, 0.5) is 0 Å². The molecule has 2 aliphatic rings.